The van der Waals surface area contributed by atoms with Crippen LogP contribution in [0.5, 0.6) is 0 Å². The highest BCUT2D eigenvalue weighted by molar-refractivity contribution is 6.05. The lowest BCUT2D eigenvalue weighted by molar-refractivity contribution is -0.384. The van der Waals surface area contributed by atoms with E-state index in [-0.39, 0.29) is 29.7 Å². The predicted molar refractivity (Wildman–Crippen MR) is 92.5 cm³/mol. The lowest BCUT2D eigenvalue weighted by atomic mass is 9.96. The summed E-state index contributed by atoms with van der Waals surface area (Å²) in [5.41, 5.74) is 0.754. The van der Waals surface area contributed by atoms with Crippen LogP contribution in [0, 0.1) is 16.0 Å². The van der Waals surface area contributed by atoms with Crippen LogP contribution < -0.4 is 10.6 Å². The van der Waals surface area contributed by atoms with Gasteiger partial charge in [-0.1, -0.05) is 0 Å². The third-order valence-corrected chi connectivity index (χ3v) is 4.21. The number of nitro benzene ring substituents is 1. The second-order valence-electron chi connectivity index (χ2n) is 5.82. The van der Waals surface area contributed by atoms with Crippen molar-refractivity contribution in [1.29, 1.82) is 0 Å². The second-order valence-corrected chi connectivity index (χ2v) is 5.82. The molecule has 0 spiro atoms. The van der Waals surface area contributed by atoms with Crippen LogP contribution in [0.4, 0.5) is 5.69 Å². The van der Waals surface area contributed by atoms with Gasteiger partial charge >= 0.3 is 0 Å². The van der Waals surface area contributed by atoms with Gasteiger partial charge in [-0.15, -0.1) is 12.4 Å². The summed E-state index contributed by atoms with van der Waals surface area (Å²) in [6, 6.07) is 4.32. The van der Waals surface area contributed by atoms with Crippen molar-refractivity contribution in [2.45, 2.75) is 19.3 Å². The third-order valence-electron chi connectivity index (χ3n) is 4.21. The summed E-state index contributed by atoms with van der Waals surface area (Å²) in [7, 11) is 0. The molecule has 0 radical (unpaired) electrons. The molecule has 2 aromatic rings. The number of hydrogen-bond donors (Lipinski definition) is 3. The Balaban J connectivity index is 0.00000208. The first-order valence-corrected chi connectivity index (χ1v) is 7.76. The molecule has 0 aliphatic carbocycles. The molecule has 1 atom stereocenters. The van der Waals surface area contributed by atoms with E-state index in [4.69, 9.17) is 0 Å². The molecule has 1 aliphatic heterocycles. The molecule has 1 aromatic heterocycles. The van der Waals surface area contributed by atoms with E-state index in [9.17, 15) is 14.9 Å². The molecular formula is C15H20ClN5O3. The molecule has 3 N–H and O–H groups in total. The predicted octanol–water partition coefficient (Wildman–Crippen LogP) is 2.01. The number of H-pyrrole nitrogens is 1. The van der Waals surface area contributed by atoms with E-state index < -0.39 is 4.92 Å². The zero-order chi connectivity index (χ0) is 16.2. The van der Waals surface area contributed by atoms with Crippen molar-refractivity contribution in [1.82, 2.24) is 20.8 Å². The number of fused-ring (bicyclic) bond motifs is 1. The maximum atomic E-state index is 12.3. The largest absolute Gasteiger partial charge is 0.351 e. The number of nitro groups is 1. The smallest absolute Gasteiger partial charge is 0.272 e. The quantitative estimate of drug-likeness (QED) is 0.562. The fourth-order valence-electron chi connectivity index (χ4n) is 2.93. The van der Waals surface area contributed by atoms with Crippen molar-refractivity contribution in [2.75, 3.05) is 19.6 Å². The molecule has 1 amide bonds. The first-order chi connectivity index (χ1) is 11.1. The summed E-state index contributed by atoms with van der Waals surface area (Å²) < 4.78 is 0. The summed E-state index contributed by atoms with van der Waals surface area (Å²) >= 11 is 0. The number of halogens is 1. The van der Waals surface area contributed by atoms with Gasteiger partial charge in [0.25, 0.3) is 11.6 Å². The number of aromatic nitrogens is 2. The van der Waals surface area contributed by atoms with Gasteiger partial charge < -0.3 is 10.6 Å². The molecule has 1 fully saturated rings. The Labute approximate surface area is 144 Å². The summed E-state index contributed by atoms with van der Waals surface area (Å²) in [4.78, 5) is 22.6. The molecule has 1 aliphatic rings. The van der Waals surface area contributed by atoms with E-state index in [1.807, 2.05) is 0 Å². The van der Waals surface area contributed by atoms with Gasteiger partial charge in [0.15, 0.2) is 5.69 Å². The number of carbonyl (C=O) groups excluding carboxylic acids is 1. The van der Waals surface area contributed by atoms with E-state index in [0.717, 1.165) is 19.5 Å². The van der Waals surface area contributed by atoms with Crippen LogP contribution in [0.25, 0.3) is 10.9 Å². The molecule has 1 aromatic carbocycles. The Morgan fingerprint density at radius 3 is 3.00 bits per heavy atom. The van der Waals surface area contributed by atoms with Gasteiger partial charge in [0.05, 0.1) is 10.4 Å². The maximum Gasteiger partial charge on any atom is 0.272 e. The number of non-ortho nitro benzene ring substituents is 1. The zero-order valence-electron chi connectivity index (χ0n) is 13.1. The maximum absolute atomic E-state index is 12.3. The SMILES string of the molecule is Cl.O=C(NCCC1CCCNC1)c1n[nH]c2ccc([N+](=O)[O-])cc12. The highest BCUT2D eigenvalue weighted by Gasteiger charge is 2.18. The highest BCUT2D eigenvalue weighted by Crippen LogP contribution is 2.22. The number of benzene rings is 1. The minimum atomic E-state index is -0.482. The Hall–Kier alpha value is -2.19. The van der Waals surface area contributed by atoms with E-state index in [1.165, 1.54) is 25.0 Å². The number of nitrogens with zero attached hydrogens (tertiary/aromatic N) is 2. The average Bonchev–Trinajstić information content (AvgIpc) is 2.98. The van der Waals surface area contributed by atoms with Crippen LogP contribution in [0.3, 0.4) is 0 Å². The van der Waals surface area contributed by atoms with E-state index in [1.54, 1.807) is 6.07 Å². The molecule has 3 rings (SSSR count). The third kappa shape index (κ3) is 4.01. The van der Waals surface area contributed by atoms with Crippen molar-refractivity contribution >= 4 is 34.9 Å². The van der Waals surface area contributed by atoms with Crippen LogP contribution in [0.1, 0.15) is 29.8 Å². The van der Waals surface area contributed by atoms with Gasteiger partial charge in [-0.2, -0.15) is 5.10 Å². The van der Waals surface area contributed by atoms with E-state index in [2.05, 4.69) is 20.8 Å². The molecule has 8 nitrogen and oxygen atoms in total. The lowest BCUT2D eigenvalue weighted by Crippen LogP contribution is -2.33. The fourth-order valence-corrected chi connectivity index (χ4v) is 2.93. The lowest BCUT2D eigenvalue weighted by Gasteiger charge is -2.22. The van der Waals surface area contributed by atoms with Gasteiger partial charge in [0.1, 0.15) is 0 Å². The minimum absolute atomic E-state index is 0. The highest BCUT2D eigenvalue weighted by atomic mass is 35.5. The number of carbonyl (C=O) groups is 1. The van der Waals surface area contributed by atoms with Crippen molar-refractivity contribution in [3.8, 4) is 0 Å². The number of rotatable bonds is 5. The number of hydrogen-bond acceptors (Lipinski definition) is 5. The number of amides is 1. The monoisotopic (exact) mass is 353 g/mol. The first kappa shape index (κ1) is 18.2. The second kappa shape index (κ2) is 8.07. The minimum Gasteiger partial charge on any atom is -0.351 e. The van der Waals surface area contributed by atoms with Crippen LogP contribution >= 0.6 is 12.4 Å². The van der Waals surface area contributed by atoms with Crippen LogP contribution in [-0.4, -0.2) is 40.7 Å². The van der Waals surface area contributed by atoms with Gasteiger partial charge in [-0.3, -0.25) is 20.0 Å². The average molecular weight is 354 g/mol. The molecule has 0 saturated carbocycles. The molecule has 2 heterocycles. The van der Waals surface area contributed by atoms with E-state index >= 15 is 0 Å². The van der Waals surface area contributed by atoms with Crippen LogP contribution in [-0.2, 0) is 0 Å². The summed E-state index contributed by atoms with van der Waals surface area (Å²) in [5, 5.41) is 24.3. The molecular weight excluding hydrogens is 334 g/mol. The summed E-state index contributed by atoms with van der Waals surface area (Å²) in [5.74, 6) is 0.279. The van der Waals surface area contributed by atoms with Crippen LogP contribution in [0.15, 0.2) is 18.2 Å². The number of piperidine rings is 1. The summed E-state index contributed by atoms with van der Waals surface area (Å²) in [6.07, 6.45) is 3.27. The summed E-state index contributed by atoms with van der Waals surface area (Å²) in [6.45, 7) is 2.64. The number of aromatic amines is 1. The van der Waals surface area contributed by atoms with Crippen molar-refractivity contribution in [2.24, 2.45) is 5.92 Å². The molecule has 1 unspecified atom stereocenters. The van der Waals surface area contributed by atoms with Gasteiger partial charge in [0.2, 0.25) is 0 Å². The van der Waals surface area contributed by atoms with Crippen molar-refractivity contribution in [3.05, 3.63) is 34.0 Å². The standard InChI is InChI=1S/C15H19N5O3.ClH/c21-15(17-7-5-10-2-1-6-16-9-10)14-12-8-11(20(22)23)3-4-13(12)18-19-14;/h3-4,8,10,16H,1-2,5-7,9H2,(H,17,21)(H,18,19);1H. The normalized spacial score (nSPS) is 17.2. The van der Waals surface area contributed by atoms with Crippen molar-refractivity contribution in [3.63, 3.8) is 0 Å². The first-order valence-electron chi connectivity index (χ1n) is 7.76. The van der Waals surface area contributed by atoms with Gasteiger partial charge in [-0.25, -0.2) is 0 Å². The Bertz CT molecular complexity index is 727. The zero-order valence-corrected chi connectivity index (χ0v) is 13.9. The Morgan fingerprint density at radius 2 is 2.29 bits per heavy atom. The Kier molecular flexibility index (Phi) is 6.10. The Morgan fingerprint density at radius 1 is 1.46 bits per heavy atom. The van der Waals surface area contributed by atoms with E-state index in [0.29, 0.717) is 23.4 Å². The topological polar surface area (TPSA) is 113 Å². The molecule has 1 saturated heterocycles. The molecule has 24 heavy (non-hydrogen) atoms. The molecule has 9 heteroatoms. The van der Waals surface area contributed by atoms with Gasteiger partial charge in [-0.05, 0) is 44.3 Å². The number of nitrogens with one attached hydrogen (secondary N) is 3. The molecule has 0 bridgehead atoms. The van der Waals surface area contributed by atoms with Gasteiger partial charge in [0, 0.05) is 24.1 Å². The molecule has 130 valence electrons. The van der Waals surface area contributed by atoms with Crippen molar-refractivity contribution < 1.29 is 9.72 Å². The van der Waals surface area contributed by atoms with Crippen LogP contribution in [0.2, 0.25) is 0 Å². The fraction of sp³-hybridized carbons (Fsp3) is 0.467.